The van der Waals surface area contributed by atoms with Crippen LogP contribution < -0.4 is 5.32 Å². The van der Waals surface area contributed by atoms with Crippen molar-refractivity contribution in [2.45, 2.75) is 70.4 Å². The fraction of sp³-hybridized carbons (Fsp3) is 0.667. The molecule has 24 heavy (non-hydrogen) atoms. The molecule has 3 nitrogen and oxygen atoms in total. The number of aryl methyl sites for hydroxylation is 1. The third kappa shape index (κ3) is 2.88. The van der Waals surface area contributed by atoms with E-state index in [0.29, 0.717) is 18.3 Å². The summed E-state index contributed by atoms with van der Waals surface area (Å²) in [5.41, 5.74) is 1.98. The van der Waals surface area contributed by atoms with E-state index in [1.165, 1.54) is 17.5 Å². The lowest BCUT2D eigenvalue weighted by Crippen LogP contribution is -2.56. The summed E-state index contributed by atoms with van der Waals surface area (Å²) in [7, 11) is 0. The molecule has 130 valence electrons. The first-order valence-corrected chi connectivity index (χ1v) is 9.44. The molecule has 2 N–H and O–H groups in total. The van der Waals surface area contributed by atoms with Gasteiger partial charge < -0.3 is 10.4 Å². The lowest BCUT2D eigenvalue weighted by Gasteiger charge is -2.60. The Hall–Kier alpha value is -1.35. The van der Waals surface area contributed by atoms with Crippen molar-refractivity contribution in [3.8, 4) is 0 Å². The SMILES string of the molecule is Cc1ccccc1C(C)NC(=O)CC12CC3CC(CC(O)(C3)C1)C2. The first kappa shape index (κ1) is 16.1. The molecular formula is C21H29NO2. The third-order valence-electron chi connectivity index (χ3n) is 6.72. The van der Waals surface area contributed by atoms with E-state index in [1.807, 2.05) is 12.1 Å². The highest BCUT2D eigenvalue weighted by atomic mass is 16.3. The third-order valence-corrected chi connectivity index (χ3v) is 6.72. The van der Waals surface area contributed by atoms with Crippen LogP contribution in [0.2, 0.25) is 0 Å². The molecule has 0 aromatic heterocycles. The van der Waals surface area contributed by atoms with Gasteiger partial charge in [-0.1, -0.05) is 24.3 Å². The van der Waals surface area contributed by atoms with E-state index in [1.54, 1.807) is 0 Å². The van der Waals surface area contributed by atoms with Crippen LogP contribution in [-0.4, -0.2) is 16.6 Å². The summed E-state index contributed by atoms with van der Waals surface area (Å²) in [4.78, 5) is 12.7. The van der Waals surface area contributed by atoms with Crippen LogP contribution in [0.25, 0.3) is 0 Å². The van der Waals surface area contributed by atoms with Crippen LogP contribution in [0, 0.1) is 24.2 Å². The molecule has 3 unspecified atom stereocenters. The topological polar surface area (TPSA) is 49.3 Å². The van der Waals surface area contributed by atoms with Crippen molar-refractivity contribution in [1.82, 2.24) is 5.32 Å². The van der Waals surface area contributed by atoms with E-state index in [-0.39, 0.29) is 17.4 Å². The molecule has 0 aliphatic heterocycles. The average Bonchev–Trinajstić information content (AvgIpc) is 2.43. The zero-order valence-electron chi connectivity index (χ0n) is 14.8. The van der Waals surface area contributed by atoms with Gasteiger partial charge in [-0.3, -0.25) is 4.79 Å². The highest BCUT2D eigenvalue weighted by Gasteiger charge is 2.57. The fourth-order valence-electron chi connectivity index (χ4n) is 6.39. The second-order valence-corrected chi connectivity index (χ2v) is 9.01. The van der Waals surface area contributed by atoms with Gasteiger partial charge in [-0.05, 0) is 80.8 Å². The number of amides is 1. The van der Waals surface area contributed by atoms with Crippen molar-refractivity contribution in [2.75, 3.05) is 0 Å². The van der Waals surface area contributed by atoms with Gasteiger partial charge in [0.2, 0.25) is 5.91 Å². The van der Waals surface area contributed by atoms with E-state index < -0.39 is 5.60 Å². The summed E-state index contributed by atoms with van der Waals surface area (Å²) in [5, 5.41) is 14.0. The summed E-state index contributed by atoms with van der Waals surface area (Å²) >= 11 is 0. The summed E-state index contributed by atoms with van der Waals surface area (Å²) < 4.78 is 0. The Morgan fingerprint density at radius 3 is 2.54 bits per heavy atom. The van der Waals surface area contributed by atoms with E-state index in [2.05, 4.69) is 31.3 Å². The van der Waals surface area contributed by atoms with Crippen LogP contribution in [-0.2, 0) is 4.79 Å². The van der Waals surface area contributed by atoms with Gasteiger partial charge in [0.25, 0.3) is 0 Å². The van der Waals surface area contributed by atoms with Crippen molar-refractivity contribution in [3.05, 3.63) is 35.4 Å². The minimum absolute atomic E-state index is 0.0377. The molecule has 1 aromatic rings. The number of aliphatic hydroxyl groups is 1. The number of carbonyl (C=O) groups excluding carboxylic acids is 1. The number of hydrogen-bond acceptors (Lipinski definition) is 2. The molecule has 0 saturated heterocycles. The van der Waals surface area contributed by atoms with Crippen molar-refractivity contribution < 1.29 is 9.90 Å². The molecule has 4 saturated carbocycles. The zero-order chi connectivity index (χ0) is 16.9. The monoisotopic (exact) mass is 327 g/mol. The number of benzene rings is 1. The second-order valence-electron chi connectivity index (χ2n) is 9.01. The maximum absolute atomic E-state index is 12.7. The molecule has 0 heterocycles. The van der Waals surface area contributed by atoms with Gasteiger partial charge in [0, 0.05) is 6.42 Å². The molecule has 1 aromatic carbocycles. The van der Waals surface area contributed by atoms with E-state index >= 15 is 0 Å². The second kappa shape index (κ2) is 5.59. The molecule has 3 atom stereocenters. The lowest BCUT2D eigenvalue weighted by molar-refractivity contribution is -0.169. The molecule has 4 bridgehead atoms. The van der Waals surface area contributed by atoms with Crippen molar-refractivity contribution in [3.63, 3.8) is 0 Å². The lowest BCUT2D eigenvalue weighted by atomic mass is 9.47. The van der Waals surface area contributed by atoms with E-state index in [4.69, 9.17) is 0 Å². The van der Waals surface area contributed by atoms with Gasteiger partial charge in [-0.25, -0.2) is 0 Å². The zero-order valence-corrected chi connectivity index (χ0v) is 14.8. The maximum Gasteiger partial charge on any atom is 0.221 e. The van der Waals surface area contributed by atoms with Crippen LogP contribution in [0.1, 0.15) is 69.0 Å². The van der Waals surface area contributed by atoms with Crippen LogP contribution in [0.3, 0.4) is 0 Å². The largest absolute Gasteiger partial charge is 0.390 e. The molecule has 3 heteroatoms. The summed E-state index contributed by atoms with van der Waals surface area (Å²) in [6, 6.07) is 8.28. The predicted molar refractivity (Wildman–Crippen MR) is 94.4 cm³/mol. The van der Waals surface area contributed by atoms with Gasteiger partial charge in [0.1, 0.15) is 0 Å². The molecule has 1 amide bonds. The van der Waals surface area contributed by atoms with Gasteiger partial charge >= 0.3 is 0 Å². The Balaban J connectivity index is 1.44. The van der Waals surface area contributed by atoms with Crippen LogP contribution >= 0.6 is 0 Å². The standard InChI is InChI=1S/C21H29NO2/c1-14-5-3-4-6-18(14)15(2)22-19(23)12-20-8-16-7-17(9-20)11-21(24,10-16)13-20/h3-6,15-17,24H,7-13H2,1-2H3,(H,22,23). The quantitative estimate of drug-likeness (QED) is 0.881. The van der Waals surface area contributed by atoms with Crippen LogP contribution in [0.15, 0.2) is 24.3 Å². The predicted octanol–water partition coefficient (Wildman–Crippen LogP) is 3.89. The minimum Gasteiger partial charge on any atom is -0.390 e. The molecular weight excluding hydrogens is 298 g/mol. The highest BCUT2D eigenvalue weighted by molar-refractivity contribution is 5.77. The van der Waals surface area contributed by atoms with Crippen LogP contribution in [0.5, 0.6) is 0 Å². The summed E-state index contributed by atoms with van der Waals surface area (Å²) in [5.74, 6) is 1.42. The van der Waals surface area contributed by atoms with E-state index in [0.717, 1.165) is 32.1 Å². The Bertz CT molecular complexity index is 639. The van der Waals surface area contributed by atoms with Crippen molar-refractivity contribution in [2.24, 2.45) is 17.3 Å². The molecule has 0 radical (unpaired) electrons. The summed E-state index contributed by atoms with van der Waals surface area (Å²) in [6.07, 6.45) is 6.89. The van der Waals surface area contributed by atoms with Gasteiger partial charge in [-0.2, -0.15) is 0 Å². The van der Waals surface area contributed by atoms with Crippen molar-refractivity contribution in [1.29, 1.82) is 0 Å². The average molecular weight is 327 g/mol. The maximum atomic E-state index is 12.7. The first-order valence-electron chi connectivity index (χ1n) is 9.44. The van der Waals surface area contributed by atoms with E-state index in [9.17, 15) is 9.90 Å². The Kier molecular flexibility index (Phi) is 3.76. The van der Waals surface area contributed by atoms with Crippen molar-refractivity contribution >= 4 is 5.91 Å². The first-order chi connectivity index (χ1) is 11.4. The smallest absolute Gasteiger partial charge is 0.221 e. The number of carbonyl (C=O) groups is 1. The fourth-order valence-corrected chi connectivity index (χ4v) is 6.39. The molecule has 5 rings (SSSR count). The summed E-state index contributed by atoms with van der Waals surface area (Å²) in [6.45, 7) is 4.15. The Labute approximate surface area is 144 Å². The molecule has 4 aliphatic rings. The number of hydrogen-bond donors (Lipinski definition) is 2. The minimum atomic E-state index is -0.480. The molecule has 4 fully saturated rings. The molecule has 0 spiro atoms. The number of nitrogens with one attached hydrogen (secondary N) is 1. The van der Waals surface area contributed by atoms with Gasteiger partial charge in [0.05, 0.1) is 11.6 Å². The highest BCUT2D eigenvalue weighted by Crippen LogP contribution is 2.62. The van der Waals surface area contributed by atoms with Gasteiger partial charge in [0.15, 0.2) is 0 Å². The normalized spacial score (nSPS) is 38.1. The van der Waals surface area contributed by atoms with Gasteiger partial charge in [-0.15, -0.1) is 0 Å². The Morgan fingerprint density at radius 2 is 1.92 bits per heavy atom. The van der Waals surface area contributed by atoms with Crippen LogP contribution in [0.4, 0.5) is 0 Å². The Morgan fingerprint density at radius 1 is 1.25 bits per heavy atom. The molecule has 4 aliphatic carbocycles. The number of rotatable bonds is 4.